The molecule has 2 aromatic heterocycles. The molecule has 1 amide bonds. The van der Waals surface area contributed by atoms with Gasteiger partial charge in [0.25, 0.3) is 0 Å². The molecule has 3 aromatic rings. The number of anilines is 1. The number of benzene rings is 1. The van der Waals surface area contributed by atoms with Crippen molar-refractivity contribution in [3.63, 3.8) is 0 Å². The molecular formula is C19H20FN5O2. The van der Waals surface area contributed by atoms with Crippen molar-refractivity contribution in [2.75, 3.05) is 37.7 Å². The van der Waals surface area contributed by atoms with Crippen LogP contribution in [0, 0.1) is 5.82 Å². The molecule has 1 fully saturated rings. The van der Waals surface area contributed by atoms with Crippen molar-refractivity contribution in [2.24, 2.45) is 0 Å². The summed E-state index contributed by atoms with van der Waals surface area (Å²) in [6, 6.07) is 8.29. The van der Waals surface area contributed by atoms with E-state index in [1.54, 1.807) is 17.2 Å². The molecule has 1 aromatic carbocycles. The lowest BCUT2D eigenvalue weighted by molar-refractivity contribution is -0.136. The minimum atomic E-state index is -0.320. The van der Waals surface area contributed by atoms with E-state index in [4.69, 9.17) is 4.74 Å². The summed E-state index contributed by atoms with van der Waals surface area (Å²) in [5, 5.41) is 0. The van der Waals surface area contributed by atoms with Crippen LogP contribution in [0.3, 0.4) is 0 Å². The Morgan fingerprint density at radius 3 is 2.85 bits per heavy atom. The van der Waals surface area contributed by atoms with Gasteiger partial charge in [0.05, 0.1) is 22.9 Å². The number of hydrogen-bond donors (Lipinski definition) is 1. The number of hydrogen-bond acceptors (Lipinski definition) is 5. The van der Waals surface area contributed by atoms with E-state index in [2.05, 4.69) is 19.9 Å². The van der Waals surface area contributed by atoms with E-state index in [0.717, 1.165) is 18.8 Å². The molecule has 0 bridgehead atoms. The molecule has 3 heterocycles. The van der Waals surface area contributed by atoms with Gasteiger partial charge in [0.2, 0.25) is 5.91 Å². The van der Waals surface area contributed by atoms with E-state index in [1.165, 1.54) is 12.1 Å². The van der Waals surface area contributed by atoms with Crippen molar-refractivity contribution in [1.29, 1.82) is 0 Å². The van der Waals surface area contributed by atoms with Crippen LogP contribution < -0.4 is 4.90 Å². The lowest BCUT2D eigenvalue weighted by Gasteiger charge is -2.35. The summed E-state index contributed by atoms with van der Waals surface area (Å²) in [6.07, 6.45) is 3.58. The Morgan fingerprint density at radius 1 is 1.22 bits per heavy atom. The molecule has 1 aliphatic rings. The highest BCUT2D eigenvalue weighted by Gasteiger charge is 2.21. The van der Waals surface area contributed by atoms with E-state index >= 15 is 0 Å². The number of nitrogens with one attached hydrogen (secondary N) is 1. The monoisotopic (exact) mass is 369 g/mol. The molecule has 27 heavy (non-hydrogen) atoms. The zero-order chi connectivity index (χ0) is 18.6. The second-order valence-electron chi connectivity index (χ2n) is 6.42. The Balaban J connectivity index is 1.25. The predicted octanol–water partition coefficient (Wildman–Crippen LogP) is 1.96. The standard InChI is InChI=1S/C19H20FN5O2/c20-14-3-4-16-17(10-14)23-18(22-16)12-27-13-19(26)25-8-6-24(7-9-25)15-2-1-5-21-11-15/h1-5,10-11H,6-9,12-13H2,(H,22,23). The van der Waals surface area contributed by atoms with Gasteiger partial charge in [-0.2, -0.15) is 0 Å². The third kappa shape index (κ3) is 4.06. The molecule has 1 aliphatic heterocycles. The second-order valence-corrected chi connectivity index (χ2v) is 6.42. The summed E-state index contributed by atoms with van der Waals surface area (Å²) < 4.78 is 18.7. The molecule has 0 spiro atoms. The van der Waals surface area contributed by atoms with Crippen molar-refractivity contribution < 1.29 is 13.9 Å². The van der Waals surface area contributed by atoms with E-state index in [0.29, 0.717) is 29.9 Å². The number of halogens is 1. The van der Waals surface area contributed by atoms with Crippen LogP contribution in [0.15, 0.2) is 42.7 Å². The van der Waals surface area contributed by atoms with Crippen molar-refractivity contribution in [2.45, 2.75) is 6.61 Å². The van der Waals surface area contributed by atoms with E-state index in [1.807, 2.05) is 18.3 Å². The molecule has 7 nitrogen and oxygen atoms in total. The number of imidazole rings is 1. The molecule has 0 radical (unpaired) electrons. The molecule has 0 unspecified atom stereocenters. The fourth-order valence-corrected chi connectivity index (χ4v) is 3.18. The van der Waals surface area contributed by atoms with Gasteiger partial charge in [-0.05, 0) is 30.3 Å². The molecule has 1 saturated heterocycles. The molecule has 140 valence electrons. The van der Waals surface area contributed by atoms with Gasteiger partial charge in [-0.15, -0.1) is 0 Å². The number of fused-ring (bicyclic) bond motifs is 1. The SMILES string of the molecule is O=C(COCc1nc2ccc(F)cc2[nH]1)N1CCN(c2cccnc2)CC1. The molecule has 4 rings (SSSR count). The summed E-state index contributed by atoms with van der Waals surface area (Å²) in [4.78, 5) is 27.8. The maximum Gasteiger partial charge on any atom is 0.248 e. The average molecular weight is 369 g/mol. The first kappa shape index (κ1) is 17.4. The highest BCUT2D eigenvalue weighted by atomic mass is 19.1. The van der Waals surface area contributed by atoms with Crippen LogP contribution in [0.25, 0.3) is 11.0 Å². The zero-order valence-corrected chi connectivity index (χ0v) is 14.8. The minimum Gasteiger partial charge on any atom is -0.367 e. The molecule has 0 atom stereocenters. The number of carbonyl (C=O) groups excluding carboxylic acids is 1. The van der Waals surface area contributed by atoms with Crippen LogP contribution in [0.2, 0.25) is 0 Å². The normalized spacial score (nSPS) is 14.7. The quantitative estimate of drug-likeness (QED) is 0.744. The third-order valence-corrected chi connectivity index (χ3v) is 4.60. The molecular weight excluding hydrogens is 349 g/mol. The Bertz CT molecular complexity index is 922. The van der Waals surface area contributed by atoms with E-state index in [-0.39, 0.29) is 24.9 Å². The number of carbonyl (C=O) groups is 1. The van der Waals surface area contributed by atoms with Crippen molar-refractivity contribution in [1.82, 2.24) is 19.9 Å². The Kier molecular flexibility index (Phi) is 4.97. The van der Waals surface area contributed by atoms with Crippen LogP contribution in [-0.4, -0.2) is 58.5 Å². The van der Waals surface area contributed by atoms with Gasteiger partial charge in [-0.25, -0.2) is 9.37 Å². The molecule has 8 heteroatoms. The molecule has 0 aliphatic carbocycles. The van der Waals surface area contributed by atoms with E-state index in [9.17, 15) is 9.18 Å². The van der Waals surface area contributed by atoms with Crippen LogP contribution >= 0.6 is 0 Å². The van der Waals surface area contributed by atoms with Gasteiger partial charge in [-0.3, -0.25) is 9.78 Å². The second kappa shape index (κ2) is 7.71. The van der Waals surface area contributed by atoms with Gasteiger partial charge in [0, 0.05) is 32.4 Å². The number of aromatic amines is 1. The first-order valence-electron chi connectivity index (χ1n) is 8.84. The lowest BCUT2D eigenvalue weighted by Crippen LogP contribution is -2.49. The maximum absolute atomic E-state index is 13.2. The number of ether oxygens (including phenoxy) is 1. The summed E-state index contributed by atoms with van der Waals surface area (Å²) in [7, 11) is 0. The Labute approximate surface area is 155 Å². The zero-order valence-electron chi connectivity index (χ0n) is 14.8. The van der Waals surface area contributed by atoms with Crippen LogP contribution in [0.4, 0.5) is 10.1 Å². The number of nitrogens with zero attached hydrogens (tertiary/aromatic N) is 4. The summed E-state index contributed by atoms with van der Waals surface area (Å²) in [5.41, 5.74) is 2.36. The number of aromatic nitrogens is 3. The molecule has 0 saturated carbocycles. The summed E-state index contributed by atoms with van der Waals surface area (Å²) in [6.45, 7) is 3.02. The smallest absolute Gasteiger partial charge is 0.248 e. The highest BCUT2D eigenvalue weighted by Crippen LogP contribution is 2.15. The first-order valence-corrected chi connectivity index (χ1v) is 8.84. The number of rotatable bonds is 5. The first-order chi connectivity index (χ1) is 13.2. The van der Waals surface area contributed by atoms with Gasteiger partial charge in [-0.1, -0.05) is 0 Å². The fraction of sp³-hybridized carbons (Fsp3) is 0.316. The topological polar surface area (TPSA) is 74.3 Å². The minimum absolute atomic E-state index is 0.00169. The largest absolute Gasteiger partial charge is 0.367 e. The van der Waals surface area contributed by atoms with Crippen LogP contribution in [0.5, 0.6) is 0 Å². The van der Waals surface area contributed by atoms with Gasteiger partial charge in [0.15, 0.2) is 0 Å². The van der Waals surface area contributed by atoms with Crippen LogP contribution in [-0.2, 0) is 16.1 Å². The number of piperazine rings is 1. The third-order valence-electron chi connectivity index (χ3n) is 4.60. The number of H-pyrrole nitrogens is 1. The fourth-order valence-electron chi connectivity index (χ4n) is 3.18. The predicted molar refractivity (Wildman–Crippen MR) is 98.7 cm³/mol. The van der Waals surface area contributed by atoms with Gasteiger partial charge >= 0.3 is 0 Å². The van der Waals surface area contributed by atoms with Crippen molar-refractivity contribution in [3.8, 4) is 0 Å². The van der Waals surface area contributed by atoms with Crippen molar-refractivity contribution in [3.05, 3.63) is 54.4 Å². The molecule has 1 N–H and O–H groups in total. The van der Waals surface area contributed by atoms with Crippen LogP contribution in [0.1, 0.15) is 5.82 Å². The average Bonchev–Trinajstić information content (AvgIpc) is 3.10. The maximum atomic E-state index is 13.2. The van der Waals surface area contributed by atoms with Gasteiger partial charge in [0.1, 0.15) is 24.9 Å². The van der Waals surface area contributed by atoms with Gasteiger partial charge < -0.3 is 19.5 Å². The number of amides is 1. The Hall–Kier alpha value is -3.00. The summed E-state index contributed by atoms with van der Waals surface area (Å²) >= 11 is 0. The summed E-state index contributed by atoms with van der Waals surface area (Å²) in [5.74, 6) is 0.215. The highest BCUT2D eigenvalue weighted by molar-refractivity contribution is 5.78. The van der Waals surface area contributed by atoms with Crippen molar-refractivity contribution >= 4 is 22.6 Å². The lowest BCUT2D eigenvalue weighted by atomic mass is 10.2. The van der Waals surface area contributed by atoms with E-state index < -0.39 is 0 Å². The Morgan fingerprint density at radius 2 is 2.07 bits per heavy atom. The number of pyridine rings is 1.